The molecule has 172 valence electrons. The highest BCUT2D eigenvalue weighted by molar-refractivity contribution is 5.98. The number of nitrogens with one attached hydrogen (secondary N) is 2. The van der Waals surface area contributed by atoms with Crippen molar-refractivity contribution in [1.82, 2.24) is 10.2 Å². The number of rotatable bonds is 4. The molecule has 3 atom stereocenters. The fraction of sp³-hybridized carbons (Fsp3) is 0.440. The van der Waals surface area contributed by atoms with Crippen molar-refractivity contribution in [3.05, 3.63) is 59.7 Å². The van der Waals surface area contributed by atoms with E-state index in [1.165, 1.54) is 0 Å². The Labute approximate surface area is 190 Å². The van der Waals surface area contributed by atoms with E-state index in [2.05, 4.69) is 17.6 Å². The molecule has 0 radical (unpaired) electrons. The first kappa shape index (κ1) is 23.8. The number of benzene rings is 2. The summed E-state index contributed by atoms with van der Waals surface area (Å²) in [6.07, 6.45) is 0.196. The van der Waals surface area contributed by atoms with Gasteiger partial charge in [-0.05, 0) is 30.5 Å². The Morgan fingerprint density at radius 3 is 2.69 bits per heavy atom. The van der Waals surface area contributed by atoms with E-state index in [1.807, 2.05) is 37.3 Å². The maximum atomic E-state index is 13.2. The van der Waals surface area contributed by atoms with E-state index < -0.39 is 0 Å². The Hall–Kier alpha value is -2.90. The highest BCUT2D eigenvalue weighted by atomic mass is 16.5. The van der Waals surface area contributed by atoms with Gasteiger partial charge in [-0.3, -0.25) is 9.59 Å². The summed E-state index contributed by atoms with van der Waals surface area (Å²) >= 11 is 0. The van der Waals surface area contributed by atoms with E-state index in [1.54, 1.807) is 37.3 Å². The molecule has 2 amide bonds. The van der Waals surface area contributed by atoms with E-state index in [4.69, 9.17) is 9.47 Å². The van der Waals surface area contributed by atoms with Gasteiger partial charge in [0.15, 0.2) is 0 Å². The first-order valence-corrected chi connectivity index (χ1v) is 11.0. The van der Waals surface area contributed by atoms with Gasteiger partial charge in [-0.25, -0.2) is 0 Å². The van der Waals surface area contributed by atoms with Crippen LogP contribution in [0.25, 0.3) is 0 Å². The monoisotopic (exact) mass is 439 g/mol. The highest BCUT2D eigenvalue weighted by Crippen LogP contribution is 2.26. The number of nitrogens with zero attached hydrogens (tertiary/aromatic N) is 1. The summed E-state index contributed by atoms with van der Waals surface area (Å²) < 4.78 is 11.7. The summed E-state index contributed by atoms with van der Waals surface area (Å²) in [5.41, 5.74) is 1.99. The fourth-order valence-electron chi connectivity index (χ4n) is 3.72. The number of methoxy groups -OCH3 is 1. The van der Waals surface area contributed by atoms with Gasteiger partial charge in [-0.15, -0.1) is 0 Å². The van der Waals surface area contributed by atoms with Crippen LogP contribution < -0.4 is 15.4 Å². The average molecular weight is 440 g/mol. The Morgan fingerprint density at radius 2 is 1.97 bits per heavy atom. The lowest BCUT2D eigenvalue weighted by atomic mass is 10.0. The maximum Gasteiger partial charge on any atom is 0.257 e. The third kappa shape index (κ3) is 6.31. The molecule has 0 aliphatic carbocycles. The van der Waals surface area contributed by atoms with E-state index in [9.17, 15) is 9.59 Å². The van der Waals surface area contributed by atoms with Crippen molar-refractivity contribution in [2.24, 2.45) is 5.92 Å². The van der Waals surface area contributed by atoms with Crippen LogP contribution in [0.2, 0.25) is 0 Å². The molecule has 7 heteroatoms. The van der Waals surface area contributed by atoms with E-state index >= 15 is 0 Å². The van der Waals surface area contributed by atoms with Crippen LogP contribution in [0.3, 0.4) is 0 Å². The molecule has 7 nitrogen and oxygen atoms in total. The number of anilines is 1. The highest BCUT2D eigenvalue weighted by Gasteiger charge is 2.25. The van der Waals surface area contributed by atoms with E-state index in [0.29, 0.717) is 30.2 Å². The molecule has 0 bridgehead atoms. The topological polar surface area (TPSA) is 79.9 Å². The van der Waals surface area contributed by atoms with Crippen LogP contribution in [0.4, 0.5) is 5.69 Å². The number of hydrogen-bond donors (Lipinski definition) is 2. The van der Waals surface area contributed by atoms with Crippen molar-refractivity contribution in [3.8, 4) is 5.75 Å². The zero-order valence-electron chi connectivity index (χ0n) is 19.3. The molecular weight excluding hydrogens is 406 g/mol. The van der Waals surface area contributed by atoms with Crippen molar-refractivity contribution in [3.63, 3.8) is 0 Å². The van der Waals surface area contributed by atoms with Crippen LogP contribution in [-0.4, -0.2) is 62.7 Å². The molecule has 0 saturated heterocycles. The van der Waals surface area contributed by atoms with Gasteiger partial charge < -0.3 is 25.0 Å². The minimum absolute atomic E-state index is 0.0796. The first-order chi connectivity index (χ1) is 15.4. The number of amides is 2. The van der Waals surface area contributed by atoms with Crippen LogP contribution >= 0.6 is 0 Å². The van der Waals surface area contributed by atoms with Gasteiger partial charge in [0.25, 0.3) is 5.91 Å². The predicted octanol–water partition coefficient (Wildman–Crippen LogP) is 2.96. The molecule has 32 heavy (non-hydrogen) atoms. The van der Waals surface area contributed by atoms with E-state index in [0.717, 1.165) is 12.1 Å². The third-order valence-corrected chi connectivity index (χ3v) is 5.72. The first-order valence-electron chi connectivity index (χ1n) is 11.0. The van der Waals surface area contributed by atoms with Crippen LogP contribution in [0.1, 0.15) is 29.8 Å². The standard InChI is InChI=1S/C25H33N3O4/c1-17-14-26-18(2)16-32-22-13-20(27-24(29)12-19-8-6-5-7-9-19)10-11-21(22)25(30)28(3)15-23(17)31-4/h5-11,13,17-18,23,26H,12,14-16H2,1-4H3,(H,27,29)/t17-,18+,23+/m1/s1. The van der Waals surface area contributed by atoms with Gasteiger partial charge in [0.2, 0.25) is 5.91 Å². The molecular formula is C25H33N3O4. The van der Waals surface area contributed by atoms with Crippen molar-refractivity contribution >= 4 is 17.5 Å². The minimum atomic E-state index is -0.141. The number of carbonyl (C=O) groups excluding carboxylic acids is 2. The minimum Gasteiger partial charge on any atom is -0.491 e. The molecule has 1 aliphatic heterocycles. The SMILES string of the molecule is CO[C@H]1CN(C)C(=O)c2ccc(NC(=O)Cc3ccccc3)cc2OC[C@H](C)NC[C@H]1C. The van der Waals surface area contributed by atoms with Crippen LogP contribution in [0.5, 0.6) is 5.75 Å². The van der Waals surface area contributed by atoms with Gasteiger partial charge in [-0.2, -0.15) is 0 Å². The van der Waals surface area contributed by atoms with E-state index in [-0.39, 0.29) is 36.3 Å². The molecule has 0 unspecified atom stereocenters. The lowest BCUT2D eigenvalue weighted by Gasteiger charge is -2.30. The second-order valence-corrected chi connectivity index (χ2v) is 8.48. The Morgan fingerprint density at radius 1 is 1.22 bits per heavy atom. The van der Waals surface area contributed by atoms with Crippen LogP contribution in [0, 0.1) is 5.92 Å². The lowest BCUT2D eigenvalue weighted by molar-refractivity contribution is -0.115. The summed E-state index contributed by atoms with van der Waals surface area (Å²) in [6.45, 7) is 5.78. The van der Waals surface area contributed by atoms with Gasteiger partial charge in [0.1, 0.15) is 12.4 Å². The Balaban J connectivity index is 1.81. The molecule has 0 fully saturated rings. The fourth-order valence-corrected chi connectivity index (χ4v) is 3.72. The summed E-state index contributed by atoms with van der Waals surface area (Å²) in [5, 5.41) is 6.37. The zero-order valence-corrected chi connectivity index (χ0v) is 19.3. The number of carbonyl (C=O) groups is 2. The number of fused-ring (bicyclic) bond motifs is 1. The largest absolute Gasteiger partial charge is 0.491 e. The van der Waals surface area contributed by atoms with Crippen LogP contribution in [-0.2, 0) is 16.0 Å². The third-order valence-electron chi connectivity index (χ3n) is 5.72. The summed E-state index contributed by atoms with van der Waals surface area (Å²) in [5.74, 6) is 0.423. The smallest absolute Gasteiger partial charge is 0.257 e. The van der Waals surface area contributed by atoms with Crippen molar-refractivity contribution in [2.45, 2.75) is 32.4 Å². The maximum absolute atomic E-state index is 13.2. The van der Waals surface area contributed by atoms with Gasteiger partial charge in [-0.1, -0.05) is 37.3 Å². The summed E-state index contributed by atoms with van der Waals surface area (Å²) in [7, 11) is 3.44. The van der Waals surface area contributed by atoms with Crippen molar-refractivity contribution < 1.29 is 19.1 Å². The summed E-state index contributed by atoms with van der Waals surface area (Å²) in [6, 6.07) is 14.8. The molecule has 2 aromatic rings. The molecule has 1 aliphatic rings. The Kier molecular flexibility index (Phi) is 8.25. The number of hydrogen-bond acceptors (Lipinski definition) is 5. The quantitative estimate of drug-likeness (QED) is 0.766. The normalized spacial score (nSPS) is 22.2. The predicted molar refractivity (Wildman–Crippen MR) is 125 cm³/mol. The molecule has 0 saturated carbocycles. The zero-order chi connectivity index (χ0) is 23.1. The molecule has 0 aromatic heterocycles. The molecule has 2 N–H and O–H groups in total. The number of likely N-dealkylation sites (N-methyl/N-ethyl adjacent to an activating group) is 1. The number of ether oxygens (including phenoxy) is 2. The second kappa shape index (κ2) is 11.1. The lowest BCUT2D eigenvalue weighted by Crippen LogP contribution is -2.44. The molecule has 1 heterocycles. The van der Waals surface area contributed by atoms with Crippen LogP contribution in [0.15, 0.2) is 48.5 Å². The molecule has 3 rings (SSSR count). The van der Waals surface area contributed by atoms with Gasteiger partial charge in [0, 0.05) is 45.0 Å². The average Bonchev–Trinajstić information content (AvgIpc) is 2.79. The summed E-state index contributed by atoms with van der Waals surface area (Å²) in [4.78, 5) is 27.3. The molecule has 0 spiro atoms. The van der Waals surface area contributed by atoms with Crippen molar-refractivity contribution in [2.75, 3.05) is 39.2 Å². The van der Waals surface area contributed by atoms with Gasteiger partial charge >= 0.3 is 0 Å². The van der Waals surface area contributed by atoms with Gasteiger partial charge in [0.05, 0.1) is 18.1 Å². The molecule has 2 aromatic carbocycles. The Bertz CT molecular complexity index is 919. The van der Waals surface area contributed by atoms with Crippen molar-refractivity contribution in [1.29, 1.82) is 0 Å². The second-order valence-electron chi connectivity index (χ2n) is 8.48.